The maximum Gasteiger partial charge on any atom is 0.434 e. The third-order valence-electron chi connectivity index (χ3n) is 3.03. The zero-order valence-corrected chi connectivity index (χ0v) is 14.7. The molecule has 4 nitrogen and oxygen atoms in total. The number of rotatable bonds is 8. The average molecular weight is 350 g/mol. The first-order chi connectivity index (χ1) is 10.8. The molecule has 0 unspecified atom stereocenters. The van der Waals surface area contributed by atoms with Gasteiger partial charge in [0.15, 0.2) is 11.7 Å². The standard InChI is InChI=1S/C15H25F3N4S/c1-4-19-14(20-8-5-6-11(2)3)21-9-7-13-22-12(10-23-13)15(16,17)18/h10-11H,4-9H2,1-3H3,(H2,19,20,21). The highest BCUT2D eigenvalue weighted by molar-refractivity contribution is 7.09. The SMILES string of the molecule is CCNC(=NCCCC(C)C)NCCc1nc(C(F)(F)F)cs1. The Bertz CT molecular complexity index is 483. The highest BCUT2D eigenvalue weighted by Crippen LogP contribution is 2.29. The van der Waals surface area contributed by atoms with E-state index in [0.717, 1.165) is 42.6 Å². The first-order valence-electron chi connectivity index (χ1n) is 7.86. The summed E-state index contributed by atoms with van der Waals surface area (Å²) >= 11 is 1.03. The largest absolute Gasteiger partial charge is 0.434 e. The van der Waals surface area contributed by atoms with Gasteiger partial charge in [0.25, 0.3) is 0 Å². The molecule has 8 heteroatoms. The second-order valence-corrected chi connectivity index (χ2v) is 6.54. The van der Waals surface area contributed by atoms with Crippen LogP contribution < -0.4 is 10.6 Å². The monoisotopic (exact) mass is 350 g/mol. The van der Waals surface area contributed by atoms with Crippen LogP contribution in [0.4, 0.5) is 13.2 Å². The third-order valence-corrected chi connectivity index (χ3v) is 3.94. The summed E-state index contributed by atoms with van der Waals surface area (Å²) in [6, 6.07) is 0. The summed E-state index contributed by atoms with van der Waals surface area (Å²) in [6.45, 7) is 8.31. The number of aliphatic imine (C=N–C) groups is 1. The first-order valence-corrected chi connectivity index (χ1v) is 8.74. The molecule has 0 aromatic carbocycles. The predicted molar refractivity (Wildman–Crippen MR) is 88.9 cm³/mol. The number of hydrogen-bond acceptors (Lipinski definition) is 3. The van der Waals surface area contributed by atoms with E-state index in [9.17, 15) is 13.2 Å². The maximum absolute atomic E-state index is 12.5. The fourth-order valence-electron chi connectivity index (χ4n) is 1.88. The minimum Gasteiger partial charge on any atom is -0.357 e. The van der Waals surface area contributed by atoms with Crippen molar-refractivity contribution in [1.29, 1.82) is 0 Å². The molecule has 0 saturated heterocycles. The van der Waals surface area contributed by atoms with Crippen molar-refractivity contribution in [3.05, 3.63) is 16.1 Å². The zero-order chi connectivity index (χ0) is 17.3. The lowest BCUT2D eigenvalue weighted by molar-refractivity contribution is -0.140. The number of hydrogen-bond donors (Lipinski definition) is 2. The molecule has 2 N–H and O–H groups in total. The second kappa shape index (κ2) is 9.75. The van der Waals surface area contributed by atoms with Crippen molar-refractivity contribution in [2.24, 2.45) is 10.9 Å². The minimum absolute atomic E-state index is 0.442. The highest BCUT2D eigenvalue weighted by Gasteiger charge is 2.33. The van der Waals surface area contributed by atoms with E-state index in [1.54, 1.807) is 0 Å². The molecule has 0 spiro atoms. The topological polar surface area (TPSA) is 49.3 Å². The van der Waals surface area contributed by atoms with Crippen LogP contribution in [-0.2, 0) is 12.6 Å². The first kappa shape index (κ1) is 19.7. The molecule has 1 rings (SSSR count). The van der Waals surface area contributed by atoms with Crippen LogP contribution in [0.5, 0.6) is 0 Å². The van der Waals surface area contributed by atoms with E-state index in [1.165, 1.54) is 0 Å². The summed E-state index contributed by atoms with van der Waals surface area (Å²) in [7, 11) is 0. The summed E-state index contributed by atoms with van der Waals surface area (Å²) in [4.78, 5) is 8.07. The van der Waals surface area contributed by atoms with Crippen molar-refractivity contribution in [1.82, 2.24) is 15.6 Å². The van der Waals surface area contributed by atoms with Gasteiger partial charge in [-0.1, -0.05) is 13.8 Å². The van der Waals surface area contributed by atoms with Crippen LogP contribution in [0.1, 0.15) is 44.3 Å². The zero-order valence-electron chi connectivity index (χ0n) is 13.8. The molecule has 132 valence electrons. The summed E-state index contributed by atoms with van der Waals surface area (Å²) in [5.41, 5.74) is -0.813. The number of nitrogens with one attached hydrogen (secondary N) is 2. The Kier molecular flexibility index (Phi) is 8.36. The van der Waals surface area contributed by atoms with Crippen LogP contribution in [0, 0.1) is 5.92 Å². The molecule has 1 heterocycles. The van der Waals surface area contributed by atoms with Crippen LogP contribution in [0.2, 0.25) is 0 Å². The normalized spacial score (nSPS) is 12.7. The molecule has 1 aromatic rings. The Hall–Kier alpha value is -1.31. The number of aromatic nitrogens is 1. The molecule has 1 aromatic heterocycles. The molecule has 23 heavy (non-hydrogen) atoms. The number of halogens is 3. The highest BCUT2D eigenvalue weighted by atomic mass is 32.1. The Balaban J connectivity index is 2.40. The van der Waals surface area contributed by atoms with E-state index < -0.39 is 11.9 Å². The Labute approximate surface area is 139 Å². The lowest BCUT2D eigenvalue weighted by Gasteiger charge is -2.11. The minimum atomic E-state index is -4.37. The van der Waals surface area contributed by atoms with Gasteiger partial charge in [0, 0.05) is 31.4 Å². The number of nitrogens with zero attached hydrogens (tertiary/aromatic N) is 2. The number of alkyl halides is 3. The van der Waals surface area contributed by atoms with Gasteiger partial charge in [-0.3, -0.25) is 4.99 Å². The molecule has 0 bridgehead atoms. The van der Waals surface area contributed by atoms with Gasteiger partial charge in [0.1, 0.15) is 0 Å². The second-order valence-electron chi connectivity index (χ2n) is 5.60. The summed E-state index contributed by atoms with van der Waals surface area (Å²) in [5, 5.41) is 7.79. The molecule has 0 radical (unpaired) electrons. The summed E-state index contributed by atoms with van der Waals surface area (Å²) in [5.74, 6) is 1.36. The molecule has 0 amide bonds. The van der Waals surface area contributed by atoms with Crippen molar-refractivity contribution >= 4 is 17.3 Å². The van der Waals surface area contributed by atoms with E-state index in [2.05, 4.69) is 34.5 Å². The molecular weight excluding hydrogens is 325 g/mol. The molecular formula is C15H25F3N4S. The Morgan fingerprint density at radius 1 is 1.35 bits per heavy atom. The van der Waals surface area contributed by atoms with Gasteiger partial charge in [-0.05, 0) is 25.7 Å². The van der Waals surface area contributed by atoms with Gasteiger partial charge in [-0.2, -0.15) is 13.2 Å². The van der Waals surface area contributed by atoms with Gasteiger partial charge < -0.3 is 10.6 Å². The number of guanidine groups is 1. The lowest BCUT2D eigenvalue weighted by Crippen LogP contribution is -2.38. The van der Waals surface area contributed by atoms with Gasteiger partial charge >= 0.3 is 6.18 Å². The van der Waals surface area contributed by atoms with Gasteiger partial charge in [0.05, 0.1) is 5.01 Å². The molecule has 0 atom stereocenters. The average Bonchev–Trinajstić information content (AvgIpc) is 2.92. The smallest absolute Gasteiger partial charge is 0.357 e. The van der Waals surface area contributed by atoms with E-state index in [1.807, 2.05) is 6.92 Å². The van der Waals surface area contributed by atoms with Crippen LogP contribution in [0.15, 0.2) is 10.4 Å². The van der Waals surface area contributed by atoms with E-state index in [0.29, 0.717) is 29.9 Å². The summed E-state index contributed by atoms with van der Waals surface area (Å²) < 4.78 is 37.4. The predicted octanol–water partition coefficient (Wildman–Crippen LogP) is 3.70. The molecule has 0 aliphatic carbocycles. The van der Waals surface area contributed by atoms with E-state index in [-0.39, 0.29) is 0 Å². The van der Waals surface area contributed by atoms with Crippen molar-refractivity contribution in [3.8, 4) is 0 Å². The third kappa shape index (κ3) is 8.20. The van der Waals surface area contributed by atoms with Crippen molar-refractivity contribution in [2.45, 2.75) is 46.2 Å². The lowest BCUT2D eigenvalue weighted by atomic mass is 10.1. The Morgan fingerprint density at radius 3 is 2.65 bits per heavy atom. The fourth-order valence-corrected chi connectivity index (χ4v) is 2.68. The van der Waals surface area contributed by atoms with Crippen LogP contribution in [-0.4, -0.2) is 30.6 Å². The van der Waals surface area contributed by atoms with Gasteiger partial charge in [0.2, 0.25) is 0 Å². The molecule has 0 fully saturated rings. The van der Waals surface area contributed by atoms with Crippen molar-refractivity contribution < 1.29 is 13.2 Å². The fraction of sp³-hybridized carbons (Fsp3) is 0.733. The van der Waals surface area contributed by atoms with Crippen LogP contribution in [0.25, 0.3) is 0 Å². The van der Waals surface area contributed by atoms with E-state index in [4.69, 9.17) is 0 Å². The molecule has 0 aliphatic heterocycles. The van der Waals surface area contributed by atoms with Gasteiger partial charge in [-0.15, -0.1) is 11.3 Å². The van der Waals surface area contributed by atoms with Crippen molar-refractivity contribution in [2.75, 3.05) is 19.6 Å². The quantitative estimate of drug-likeness (QED) is 0.427. The number of thiazole rings is 1. The van der Waals surface area contributed by atoms with Crippen molar-refractivity contribution in [3.63, 3.8) is 0 Å². The maximum atomic E-state index is 12.5. The Morgan fingerprint density at radius 2 is 2.09 bits per heavy atom. The van der Waals surface area contributed by atoms with Crippen LogP contribution >= 0.6 is 11.3 Å². The molecule has 0 saturated carbocycles. The molecule has 0 aliphatic rings. The van der Waals surface area contributed by atoms with Crippen LogP contribution in [0.3, 0.4) is 0 Å². The van der Waals surface area contributed by atoms with E-state index >= 15 is 0 Å². The summed E-state index contributed by atoms with van der Waals surface area (Å²) in [6.07, 6.45) is -1.77. The van der Waals surface area contributed by atoms with Gasteiger partial charge in [-0.25, -0.2) is 4.98 Å².